The zero-order chi connectivity index (χ0) is 16.0. The zero-order valence-electron chi connectivity index (χ0n) is 13.9. The monoisotopic (exact) mass is 291 g/mol. The molecule has 21 heavy (non-hydrogen) atoms. The zero-order valence-corrected chi connectivity index (χ0v) is 13.9. The van der Waals surface area contributed by atoms with E-state index in [4.69, 9.17) is 5.73 Å². The van der Waals surface area contributed by atoms with Crippen LogP contribution in [0.4, 0.5) is 5.69 Å². The molecule has 0 saturated heterocycles. The maximum Gasteiger partial charge on any atom is 0.237 e. The Morgan fingerprint density at radius 2 is 2.00 bits per heavy atom. The summed E-state index contributed by atoms with van der Waals surface area (Å²) in [6.07, 6.45) is 2.08. The van der Waals surface area contributed by atoms with Crippen molar-refractivity contribution in [2.75, 3.05) is 12.8 Å². The van der Waals surface area contributed by atoms with Gasteiger partial charge >= 0.3 is 0 Å². The lowest BCUT2D eigenvalue weighted by Gasteiger charge is -2.31. The quantitative estimate of drug-likeness (QED) is 0.759. The molecule has 1 aromatic rings. The van der Waals surface area contributed by atoms with E-state index in [0.717, 1.165) is 24.1 Å². The summed E-state index contributed by atoms with van der Waals surface area (Å²) in [6.45, 7) is 8.21. The number of nitrogens with two attached hydrogens (primary N) is 1. The predicted octanol–water partition coefficient (Wildman–Crippen LogP) is 2.95. The van der Waals surface area contributed by atoms with Gasteiger partial charge in [-0.3, -0.25) is 9.69 Å². The molecule has 118 valence electrons. The molecule has 0 aliphatic carbocycles. The minimum absolute atomic E-state index is 0.0780. The van der Waals surface area contributed by atoms with Crippen molar-refractivity contribution in [1.82, 2.24) is 10.2 Å². The standard InChI is InChI=1S/C17H29N3O/c1-6-8-12(2)19-17(21)14(4)20(5)13(3)15-9-7-10-16(18)11-15/h7,9-14H,6,8,18H2,1-5H3,(H,19,21). The fourth-order valence-corrected chi connectivity index (χ4v) is 2.44. The predicted molar refractivity (Wildman–Crippen MR) is 89.0 cm³/mol. The maximum atomic E-state index is 12.3. The first kappa shape index (κ1) is 17.5. The van der Waals surface area contributed by atoms with E-state index in [1.165, 1.54) is 0 Å². The number of nitrogen functional groups attached to an aromatic ring is 1. The lowest BCUT2D eigenvalue weighted by atomic mass is 10.0. The summed E-state index contributed by atoms with van der Waals surface area (Å²) in [4.78, 5) is 14.4. The number of rotatable bonds is 7. The molecule has 4 heteroatoms. The van der Waals surface area contributed by atoms with Crippen LogP contribution >= 0.6 is 0 Å². The van der Waals surface area contributed by atoms with Crippen molar-refractivity contribution in [2.24, 2.45) is 0 Å². The van der Waals surface area contributed by atoms with Crippen molar-refractivity contribution in [3.05, 3.63) is 29.8 Å². The van der Waals surface area contributed by atoms with Gasteiger partial charge in [-0.05, 0) is 51.9 Å². The number of carbonyl (C=O) groups is 1. The van der Waals surface area contributed by atoms with Crippen LogP contribution in [0.15, 0.2) is 24.3 Å². The van der Waals surface area contributed by atoms with Crippen LogP contribution in [0.1, 0.15) is 52.1 Å². The molecular weight excluding hydrogens is 262 g/mol. The van der Waals surface area contributed by atoms with E-state index < -0.39 is 0 Å². The second-order valence-electron chi connectivity index (χ2n) is 5.89. The Morgan fingerprint density at radius 1 is 1.33 bits per heavy atom. The van der Waals surface area contributed by atoms with Gasteiger partial charge in [-0.25, -0.2) is 0 Å². The molecule has 1 amide bonds. The van der Waals surface area contributed by atoms with E-state index in [-0.39, 0.29) is 24.0 Å². The third-order valence-corrected chi connectivity index (χ3v) is 4.10. The summed E-state index contributed by atoms with van der Waals surface area (Å²) < 4.78 is 0. The molecule has 0 aliphatic heterocycles. The molecule has 0 aliphatic rings. The van der Waals surface area contributed by atoms with Gasteiger partial charge in [-0.2, -0.15) is 0 Å². The fraction of sp³-hybridized carbons (Fsp3) is 0.588. The van der Waals surface area contributed by atoms with Crippen LogP contribution in [0.25, 0.3) is 0 Å². The molecule has 0 spiro atoms. The average Bonchev–Trinajstić information content (AvgIpc) is 2.45. The van der Waals surface area contributed by atoms with Crippen LogP contribution in [0.2, 0.25) is 0 Å². The van der Waals surface area contributed by atoms with Crippen molar-refractivity contribution in [2.45, 2.75) is 58.7 Å². The Labute approximate surface area is 128 Å². The van der Waals surface area contributed by atoms with E-state index in [1.807, 2.05) is 38.2 Å². The summed E-state index contributed by atoms with van der Waals surface area (Å²) in [6, 6.07) is 8.01. The summed E-state index contributed by atoms with van der Waals surface area (Å²) in [5.41, 5.74) is 7.71. The number of hydrogen-bond donors (Lipinski definition) is 2. The number of nitrogens with one attached hydrogen (secondary N) is 1. The van der Waals surface area contributed by atoms with Crippen molar-refractivity contribution < 1.29 is 4.79 Å². The lowest BCUT2D eigenvalue weighted by molar-refractivity contribution is -0.126. The maximum absolute atomic E-state index is 12.3. The lowest BCUT2D eigenvalue weighted by Crippen LogP contribution is -2.46. The SMILES string of the molecule is CCCC(C)NC(=O)C(C)N(C)C(C)c1cccc(N)c1. The number of hydrogen-bond acceptors (Lipinski definition) is 3. The molecule has 0 saturated carbocycles. The molecule has 0 bridgehead atoms. The summed E-state index contributed by atoms with van der Waals surface area (Å²) in [5, 5.41) is 3.07. The van der Waals surface area contributed by atoms with E-state index in [2.05, 4.69) is 31.0 Å². The Bertz CT molecular complexity index is 461. The van der Waals surface area contributed by atoms with Gasteiger partial charge in [0.2, 0.25) is 5.91 Å². The smallest absolute Gasteiger partial charge is 0.237 e. The van der Waals surface area contributed by atoms with E-state index in [0.29, 0.717) is 0 Å². The summed E-state index contributed by atoms with van der Waals surface area (Å²) in [5.74, 6) is 0.0780. The molecule has 0 heterocycles. The number of nitrogens with zero attached hydrogens (tertiary/aromatic N) is 1. The van der Waals surface area contributed by atoms with Crippen LogP contribution in [0.5, 0.6) is 0 Å². The Kier molecular flexibility index (Phi) is 6.69. The second kappa shape index (κ2) is 8.03. The first-order chi connectivity index (χ1) is 9.86. The van der Waals surface area contributed by atoms with Crippen molar-refractivity contribution >= 4 is 11.6 Å². The number of benzene rings is 1. The first-order valence-corrected chi connectivity index (χ1v) is 7.74. The Hall–Kier alpha value is -1.55. The van der Waals surface area contributed by atoms with Gasteiger partial charge < -0.3 is 11.1 Å². The highest BCUT2D eigenvalue weighted by atomic mass is 16.2. The topological polar surface area (TPSA) is 58.4 Å². The van der Waals surface area contributed by atoms with Crippen molar-refractivity contribution in [3.8, 4) is 0 Å². The van der Waals surface area contributed by atoms with Gasteiger partial charge in [-0.1, -0.05) is 25.5 Å². The number of anilines is 1. The summed E-state index contributed by atoms with van der Waals surface area (Å²) >= 11 is 0. The molecule has 0 radical (unpaired) electrons. The van der Waals surface area contributed by atoms with Gasteiger partial charge in [0.05, 0.1) is 6.04 Å². The van der Waals surface area contributed by atoms with Gasteiger partial charge in [0, 0.05) is 17.8 Å². The van der Waals surface area contributed by atoms with E-state index in [1.54, 1.807) is 0 Å². The highest BCUT2D eigenvalue weighted by molar-refractivity contribution is 5.81. The molecule has 3 atom stereocenters. The van der Waals surface area contributed by atoms with Crippen molar-refractivity contribution in [1.29, 1.82) is 0 Å². The minimum atomic E-state index is -0.180. The number of amides is 1. The number of likely N-dealkylation sites (N-methyl/N-ethyl adjacent to an activating group) is 1. The van der Waals surface area contributed by atoms with Crippen LogP contribution in [-0.4, -0.2) is 29.9 Å². The highest BCUT2D eigenvalue weighted by Gasteiger charge is 2.24. The van der Waals surface area contributed by atoms with Crippen LogP contribution in [0.3, 0.4) is 0 Å². The van der Waals surface area contributed by atoms with Crippen LogP contribution in [0, 0.1) is 0 Å². The molecule has 1 aromatic carbocycles. The van der Waals surface area contributed by atoms with Crippen molar-refractivity contribution in [3.63, 3.8) is 0 Å². The largest absolute Gasteiger partial charge is 0.399 e. The van der Waals surface area contributed by atoms with Gasteiger partial charge in [0.15, 0.2) is 0 Å². The van der Waals surface area contributed by atoms with Crippen LogP contribution in [-0.2, 0) is 4.79 Å². The molecule has 3 N–H and O–H groups in total. The van der Waals surface area contributed by atoms with Gasteiger partial charge in [-0.15, -0.1) is 0 Å². The molecular formula is C17H29N3O. The first-order valence-electron chi connectivity index (χ1n) is 7.74. The van der Waals surface area contributed by atoms with Gasteiger partial charge in [0.1, 0.15) is 0 Å². The third kappa shape index (κ3) is 5.05. The van der Waals surface area contributed by atoms with Crippen LogP contribution < -0.4 is 11.1 Å². The van der Waals surface area contributed by atoms with E-state index >= 15 is 0 Å². The Balaban J connectivity index is 2.68. The summed E-state index contributed by atoms with van der Waals surface area (Å²) in [7, 11) is 1.97. The second-order valence-corrected chi connectivity index (χ2v) is 5.89. The number of carbonyl (C=O) groups excluding carboxylic acids is 1. The molecule has 0 fully saturated rings. The Morgan fingerprint density at radius 3 is 2.57 bits per heavy atom. The highest BCUT2D eigenvalue weighted by Crippen LogP contribution is 2.22. The minimum Gasteiger partial charge on any atom is -0.399 e. The van der Waals surface area contributed by atoms with Gasteiger partial charge in [0.25, 0.3) is 0 Å². The molecule has 3 unspecified atom stereocenters. The van der Waals surface area contributed by atoms with E-state index in [9.17, 15) is 4.79 Å². The normalized spacial score (nSPS) is 15.5. The third-order valence-electron chi connectivity index (χ3n) is 4.10. The molecule has 4 nitrogen and oxygen atoms in total. The molecule has 0 aromatic heterocycles. The average molecular weight is 291 g/mol. The fourth-order valence-electron chi connectivity index (χ4n) is 2.44. The molecule has 1 rings (SSSR count).